The number of primary amides is 1. The van der Waals surface area contributed by atoms with E-state index in [1.54, 1.807) is 48.3 Å². The van der Waals surface area contributed by atoms with Crippen LogP contribution in [0.4, 0.5) is 11.5 Å². The molecular formula is C23H26N6O4. The Morgan fingerprint density at radius 3 is 2.64 bits per heavy atom. The van der Waals surface area contributed by atoms with Crippen molar-refractivity contribution in [3.05, 3.63) is 53.9 Å². The van der Waals surface area contributed by atoms with E-state index in [0.29, 0.717) is 42.9 Å². The minimum absolute atomic E-state index is 0.0541. The number of nitrogens with zero attached hydrogens (tertiary/aromatic N) is 3. The van der Waals surface area contributed by atoms with Crippen LogP contribution in [0.1, 0.15) is 27.8 Å². The molecule has 3 aromatic rings. The Morgan fingerprint density at radius 2 is 1.97 bits per heavy atom. The van der Waals surface area contributed by atoms with Gasteiger partial charge in [-0.25, -0.2) is 0 Å². The van der Waals surface area contributed by atoms with E-state index in [1.165, 1.54) is 6.20 Å². The summed E-state index contributed by atoms with van der Waals surface area (Å²) in [6.45, 7) is 4.51. The first-order chi connectivity index (χ1) is 15.9. The fourth-order valence-electron chi connectivity index (χ4n) is 3.95. The number of carbonyl (C=O) groups excluding carboxylic acids is 3. The van der Waals surface area contributed by atoms with Gasteiger partial charge in [-0.1, -0.05) is 6.07 Å². The first-order valence-electron chi connectivity index (χ1n) is 10.6. The van der Waals surface area contributed by atoms with Gasteiger partial charge in [0.15, 0.2) is 0 Å². The van der Waals surface area contributed by atoms with Crippen molar-refractivity contribution in [2.75, 3.05) is 43.6 Å². The molecule has 172 valence electrons. The molecule has 1 aliphatic rings. The van der Waals surface area contributed by atoms with Crippen molar-refractivity contribution < 1.29 is 19.1 Å². The largest absolute Gasteiger partial charge is 0.379 e. The van der Waals surface area contributed by atoms with Crippen LogP contribution in [0.3, 0.4) is 0 Å². The van der Waals surface area contributed by atoms with Crippen molar-refractivity contribution in [2.45, 2.75) is 13.0 Å². The second-order valence-electron chi connectivity index (χ2n) is 7.86. The van der Waals surface area contributed by atoms with Gasteiger partial charge in [-0.2, -0.15) is 0 Å². The maximum Gasteiger partial charge on any atom is 0.275 e. The van der Waals surface area contributed by atoms with Crippen molar-refractivity contribution in [3.63, 3.8) is 0 Å². The fourth-order valence-corrected chi connectivity index (χ4v) is 3.95. The summed E-state index contributed by atoms with van der Waals surface area (Å²) in [5, 5.41) is 3.22. The lowest BCUT2D eigenvalue weighted by Crippen LogP contribution is -2.50. The van der Waals surface area contributed by atoms with Gasteiger partial charge in [0.05, 0.1) is 24.8 Å². The number of nitrogens with two attached hydrogens (primary N) is 1. The Hall–Kier alpha value is -3.76. The predicted molar refractivity (Wildman–Crippen MR) is 124 cm³/mol. The standard InChI is InChI=1S/C23H26N6O4/c1-14(29-9-11-33-12-10-29)23(32)28(2)15-6-7-16-18(13-15)26-21(19(16)20(24)30)27-22(31)17-5-3-4-8-25-17/h3-8,13-14,26H,9-12H2,1-2H3,(H2,24,30)(H,27,31). The number of fused-ring (bicyclic) bond motifs is 1. The Morgan fingerprint density at radius 1 is 1.21 bits per heavy atom. The Balaban J connectivity index is 1.61. The zero-order chi connectivity index (χ0) is 23.5. The molecule has 33 heavy (non-hydrogen) atoms. The lowest BCUT2D eigenvalue weighted by atomic mass is 10.1. The molecule has 0 spiro atoms. The van der Waals surface area contributed by atoms with Crippen LogP contribution >= 0.6 is 0 Å². The topological polar surface area (TPSA) is 134 Å². The first kappa shape index (κ1) is 22.4. The number of H-pyrrole nitrogens is 1. The van der Waals surface area contributed by atoms with Crippen molar-refractivity contribution in [1.82, 2.24) is 14.9 Å². The number of morpholine rings is 1. The summed E-state index contributed by atoms with van der Waals surface area (Å²) in [7, 11) is 1.71. The van der Waals surface area contributed by atoms with E-state index in [-0.39, 0.29) is 29.0 Å². The smallest absolute Gasteiger partial charge is 0.275 e. The third-order valence-corrected chi connectivity index (χ3v) is 5.83. The van der Waals surface area contributed by atoms with Gasteiger partial charge in [0.25, 0.3) is 11.8 Å². The third-order valence-electron chi connectivity index (χ3n) is 5.83. The van der Waals surface area contributed by atoms with E-state index >= 15 is 0 Å². The molecule has 3 heterocycles. The van der Waals surface area contributed by atoms with Gasteiger partial charge in [-0.3, -0.25) is 24.3 Å². The highest BCUT2D eigenvalue weighted by Gasteiger charge is 2.27. The number of ether oxygens (including phenoxy) is 1. The highest BCUT2D eigenvalue weighted by Crippen LogP contribution is 2.30. The number of hydrogen-bond donors (Lipinski definition) is 3. The maximum atomic E-state index is 13.1. The van der Waals surface area contributed by atoms with Crippen molar-refractivity contribution in [2.24, 2.45) is 5.73 Å². The average molecular weight is 450 g/mol. The summed E-state index contributed by atoms with van der Waals surface area (Å²) in [6, 6.07) is 9.87. The van der Waals surface area contributed by atoms with Crippen LogP contribution in [-0.4, -0.2) is 72.0 Å². The zero-order valence-electron chi connectivity index (χ0n) is 18.5. The minimum atomic E-state index is -0.685. The van der Waals surface area contributed by atoms with E-state index in [0.717, 1.165) is 0 Å². The van der Waals surface area contributed by atoms with E-state index in [9.17, 15) is 14.4 Å². The lowest BCUT2D eigenvalue weighted by Gasteiger charge is -2.33. The van der Waals surface area contributed by atoms with Crippen LogP contribution < -0.4 is 16.0 Å². The predicted octanol–water partition coefficient (Wildman–Crippen LogP) is 1.60. The molecule has 10 nitrogen and oxygen atoms in total. The van der Waals surface area contributed by atoms with Gasteiger partial charge < -0.3 is 25.7 Å². The summed E-state index contributed by atoms with van der Waals surface area (Å²) in [6.07, 6.45) is 1.51. The highest BCUT2D eigenvalue weighted by molar-refractivity contribution is 6.15. The fraction of sp³-hybridized carbons (Fsp3) is 0.304. The molecule has 0 radical (unpaired) electrons. The van der Waals surface area contributed by atoms with Gasteiger partial charge in [-0.05, 0) is 37.3 Å². The number of amides is 3. The molecular weight excluding hydrogens is 424 g/mol. The summed E-state index contributed by atoms with van der Waals surface area (Å²) in [5.41, 5.74) is 7.18. The van der Waals surface area contributed by atoms with Crippen LogP contribution in [0.5, 0.6) is 0 Å². The number of anilines is 2. The maximum absolute atomic E-state index is 13.1. The lowest BCUT2D eigenvalue weighted by molar-refractivity contribution is -0.124. The Kier molecular flexibility index (Phi) is 6.38. The molecule has 1 aromatic carbocycles. The second kappa shape index (κ2) is 9.39. The molecule has 1 atom stereocenters. The molecule has 4 N–H and O–H groups in total. The molecule has 1 aliphatic heterocycles. The number of likely N-dealkylation sites (N-methyl/N-ethyl adjacent to an activating group) is 1. The number of benzene rings is 1. The summed E-state index contributed by atoms with van der Waals surface area (Å²) in [4.78, 5) is 48.5. The molecule has 0 bridgehead atoms. The number of aromatic nitrogens is 2. The SMILES string of the molecule is CC(C(=O)N(C)c1ccc2c(C(N)=O)c(NC(=O)c3ccccn3)[nH]c2c1)N1CCOCC1. The van der Waals surface area contributed by atoms with E-state index in [4.69, 9.17) is 10.5 Å². The van der Waals surface area contributed by atoms with Crippen LogP contribution in [0, 0.1) is 0 Å². The third kappa shape index (κ3) is 4.57. The summed E-state index contributed by atoms with van der Waals surface area (Å²) in [5.74, 6) is -1.03. The van der Waals surface area contributed by atoms with Gasteiger partial charge in [0.1, 0.15) is 11.5 Å². The van der Waals surface area contributed by atoms with Crippen molar-refractivity contribution in [3.8, 4) is 0 Å². The van der Waals surface area contributed by atoms with Crippen molar-refractivity contribution >= 4 is 40.1 Å². The van der Waals surface area contributed by atoms with Crippen LogP contribution in [0.25, 0.3) is 10.9 Å². The summed E-state index contributed by atoms with van der Waals surface area (Å²) < 4.78 is 5.37. The molecule has 1 unspecified atom stereocenters. The van der Waals surface area contributed by atoms with Gasteiger partial charge in [-0.15, -0.1) is 0 Å². The molecule has 4 rings (SSSR count). The molecule has 10 heteroatoms. The molecule has 0 aliphatic carbocycles. The van der Waals surface area contributed by atoms with Gasteiger partial charge in [0, 0.05) is 42.9 Å². The monoisotopic (exact) mass is 450 g/mol. The second-order valence-corrected chi connectivity index (χ2v) is 7.86. The molecule has 0 saturated carbocycles. The number of carbonyl (C=O) groups is 3. The minimum Gasteiger partial charge on any atom is -0.379 e. The number of aromatic amines is 1. The van der Waals surface area contributed by atoms with E-state index < -0.39 is 11.8 Å². The first-order valence-corrected chi connectivity index (χ1v) is 10.6. The quantitative estimate of drug-likeness (QED) is 0.522. The van der Waals surface area contributed by atoms with Gasteiger partial charge >= 0.3 is 0 Å². The number of nitrogens with one attached hydrogen (secondary N) is 2. The molecule has 1 saturated heterocycles. The number of pyridine rings is 1. The normalized spacial score (nSPS) is 15.2. The van der Waals surface area contributed by atoms with E-state index in [2.05, 4.69) is 20.2 Å². The van der Waals surface area contributed by atoms with Gasteiger partial charge in [0.2, 0.25) is 5.91 Å². The number of rotatable bonds is 6. The van der Waals surface area contributed by atoms with E-state index in [1.807, 2.05) is 6.92 Å². The van der Waals surface area contributed by atoms with Crippen LogP contribution in [0.15, 0.2) is 42.6 Å². The highest BCUT2D eigenvalue weighted by atomic mass is 16.5. The average Bonchev–Trinajstić information content (AvgIpc) is 3.20. The molecule has 1 fully saturated rings. The Labute approximate surface area is 190 Å². The van der Waals surface area contributed by atoms with Crippen LogP contribution in [-0.2, 0) is 9.53 Å². The Bertz CT molecular complexity index is 1190. The zero-order valence-corrected chi connectivity index (χ0v) is 18.5. The molecule has 2 aromatic heterocycles. The van der Waals surface area contributed by atoms with Crippen LogP contribution in [0.2, 0.25) is 0 Å². The van der Waals surface area contributed by atoms with Crippen molar-refractivity contribution in [1.29, 1.82) is 0 Å². The summed E-state index contributed by atoms with van der Waals surface area (Å²) >= 11 is 0. The molecule has 3 amide bonds. The number of hydrogen-bond acceptors (Lipinski definition) is 6.